The van der Waals surface area contributed by atoms with E-state index in [1.807, 2.05) is 38.1 Å². The topological polar surface area (TPSA) is 17.1 Å². The number of rotatable bonds is 2. The van der Waals surface area contributed by atoms with E-state index >= 15 is 0 Å². The number of hydrogen-bond acceptors (Lipinski definition) is 1. The number of carbonyl (C=O) groups excluding carboxylic acids is 1. The lowest BCUT2D eigenvalue weighted by Crippen LogP contribution is -1.80. The lowest BCUT2D eigenvalue weighted by molar-refractivity contribution is 0.112. The summed E-state index contributed by atoms with van der Waals surface area (Å²) in [7, 11) is 0. The van der Waals surface area contributed by atoms with Crippen molar-refractivity contribution in [2.45, 2.75) is 13.8 Å². The van der Waals surface area contributed by atoms with Gasteiger partial charge in [0, 0.05) is 5.56 Å². The van der Waals surface area contributed by atoms with E-state index in [-0.39, 0.29) is 0 Å². The molecule has 0 saturated carbocycles. The minimum Gasteiger partial charge on any atom is -0.298 e. The van der Waals surface area contributed by atoms with E-state index in [1.165, 1.54) is 5.57 Å². The first-order chi connectivity index (χ1) is 5.72. The third kappa shape index (κ3) is 2.35. The van der Waals surface area contributed by atoms with Gasteiger partial charge in [-0.05, 0) is 25.5 Å². The zero-order chi connectivity index (χ0) is 8.97. The third-order valence-electron chi connectivity index (χ3n) is 1.50. The van der Waals surface area contributed by atoms with Gasteiger partial charge in [0.05, 0.1) is 0 Å². The summed E-state index contributed by atoms with van der Waals surface area (Å²) in [4.78, 5) is 10.4. The van der Waals surface area contributed by atoms with Gasteiger partial charge in [-0.1, -0.05) is 29.8 Å². The summed E-state index contributed by atoms with van der Waals surface area (Å²) in [5.74, 6) is 0. The number of hydrogen-bond donors (Lipinski definition) is 0. The van der Waals surface area contributed by atoms with Crippen LogP contribution in [0.3, 0.4) is 0 Å². The Bertz CT molecular complexity index is 307. The van der Waals surface area contributed by atoms with E-state index in [2.05, 4.69) is 0 Å². The maximum atomic E-state index is 10.4. The van der Waals surface area contributed by atoms with Crippen LogP contribution in [0.5, 0.6) is 0 Å². The zero-order valence-corrected chi connectivity index (χ0v) is 7.37. The van der Waals surface area contributed by atoms with Crippen LogP contribution in [0.1, 0.15) is 29.8 Å². The molecule has 0 radical (unpaired) electrons. The standard InChI is InChI=1S/C11H12O/c1-9(2)6-10-4-3-5-11(7-10)8-12/h3-8H,1-2H3. The summed E-state index contributed by atoms with van der Waals surface area (Å²) < 4.78 is 0. The number of benzene rings is 1. The molecule has 1 nitrogen and oxygen atoms in total. The molecule has 0 aliphatic rings. The quantitative estimate of drug-likeness (QED) is 0.608. The Morgan fingerprint density at radius 1 is 1.25 bits per heavy atom. The second-order valence-corrected chi connectivity index (χ2v) is 3.01. The molecule has 0 aromatic heterocycles. The first-order valence-corrected chi connectivity index (χ1v) is 3.92. The summed E-state index contributed by atoms with van der Waals surface area (Å²) >= 11 is 0. The van der Waals surface area contributed by atoms with Crippen molar-refractivity contribution in [1.82, 2.24) is 0 Å². The summed E-state index contributed by atoms with van der Waals surface area (Å²) in [5, 5.41) is 0. The minimum atomic E-state index is 0.727. The second kappa shape index (κ2) is 3.86. The zero-order valence-electron chi connectivity index (χ0n) is 7.37. The normalized spacial score (nSPS) is 9.17. The Morgan fingerprint density at radius 3 is 2.50 bits per heavy atom. The Morgan fingerprint density at radius 2 is 1.92 bits per heavy atom. The predicted octanol–water partition coefficient (Wildman–Crippen LogP) is 2.92. The molecule has 0 fully saturated rings. The van der Waals surface area contributed by atoms with Crippen molar-refractivity contribution in [3.63, 3.8) is 0 Å². The van der Waals surface area contributed by atoms with Crippen LogP contribution in [0, 0.1) is 0 Å². The number of allylic oxidation sites excluding steroid dienone is 1. The summed E-state index contributed by atoms with van der Waals surface area (Å²) in [5.41, 5.74) is 3.04. The molecule has 0 heterocycles. The number of aldehydes is 1. The van der Waals surface area contributed by atoms with Crippen LogP contribution in [0.15, 0.2) is 29.8 Å². The van der Waals surface area contributed by atoms with Crippen LogP contribution in [-0.4, -0.2) is 6.29 Å². The van der Waals surface area contributed by atoms with Crippen molar-refractivity contribution in [1.29, 1.82) is 0 Å². The fourth-order valence-corrected chi connectivity index (χ4v) is 1.06. The van der Waals surface area contributed by atoms with E-state index in [1.54, 1.807) is 6.07 Å². The fourth-order valence-electron chi connectivity index (χ4n) is 1.06. The molecule has 1 aromatic carbocycles. The highest BCUT2D eigenvalue weighted by Gasteiger charge is 1.90. The molecule has 0 bridgehead atoms. The summed E-state index contributed by atoms with van der Waals surface area (Å²) in [6.07, 6.45) is 2.91. The van der Waals surface area contributed by atoms with Crippen molar-refractivity contribution in [2.75, 3.05) is 0 Å². The molecule has 12 heavy (non-hydrogen) atoms. The summed E-state index contributed by atoms with van der Waals surface area (Å²) in [6, 6.07) is 7.55. The first-order valence-electron chi connectivity index (χ1n) is 3.92. The van der Waals surface area contributed by atoms with E-state index in [0.29, 0.717) is 0 Å². The van der Waals surface area contributed by atoms with Gasteiger partial charge in [0.15, 0.2) is 0 Å². The Balaban J connectivity index is 3.02. The molecule has 0 N–H and O–H groups in total. The van der Waals surface area contributed by atoms with Gasteiger partial charge in [0.25, 0.3) is 0 Å². The van der Waals surface area contributed by atoms with Crippen LogP contribution < -0.4 is 0 Å². The monoisotopic (exact) mass is 160 g/mol. The molecule has 0 spiro atoms. The molecule has 0 aliphatic heterocycles. The van der Waals surface area contributed by atoms with Gasteiger partial charge in [-0.25, -0.2) is 0 Å². The molecule has 0 amide bonds. The van der Waals surface area contributed by atoms with Gasteiger partial charge >= 0.3 is 0 Å². The lowest BCUT2D eigenvalue weighted by atomic mass is 10.1. The summed E-state index contributed by atoms with van der Waals surface area (Å²) in [6.45, 7) is 4.07. The van der Waals surface area contributed by atoms with Crippen LogP contribution in [0.2, 0.25) is 0 Å². The van der Waals surface area contributed by atoms with Gasteiger partial charge in [-0.2, -0.15) is 0 Å². The maximum absolute atomic E-state index is 10.4. The van der Waals surface area contributed by atoms with Crippen molar-refractivity contribution in [3.05, 3.63) is 41.0 Å². The fraction of sp³-hybridized carbons (Fsp3) is 0.182. The van der Waals surface area contributed by atoms with Gasteiger partial charge < -0.3 is 0 Å². The highest BCUT2D eigenvalue weighted by Crippen LogP contribution is 2.07. The molecule has 1 aromatic rings. The van der Waals surface area contributed by atoms with Crippen molar-refractivity contribution < 1.29 is 4.79 Å². The average molecular weight is 160 g/mol. The van der Waals surface area contributed by atoms with Gasteiger partial charge in [-0.3, -0.25) is 4.79 Å². The third-order valence-corrected chi connectivity index (χ3v) is 1.50. The van der Waals surface area contributed by atoms with Crippen molar-refractivity contribution in [3.8, 4) is 0 Å². The molecule has 0 aliphatic carbocycles. The molecule has 1 rings (SSSR count). The molecular weight excluding hydrogens is 148 g/mol. The molecule has 0 unspecified atom stereocenters. The van der Waals surface area contributed by atoms with Crippen LogP contribution in [0.4, 0.5) is 0 Å². The van der Waals surface area contributed by atoms with Crippen molar-refractivity contribution >= 4 is 12.4 Å². The van der Waals surface area contributed by atoms with E-state index < -0.39 is 0 Å². The maximum Gasteiger partial charge on any atom is 0.150 e. The largest absolute Gasteiger partial charge is 0.298 e. The highest BCUT2D eigenvalue weighted by molar-refractivity contribution is 5.76. The minimum absolute atomic E-state index is 0.727. The Labute approximate surface area is 72.7 Å². The van der Waals surface area contributed by atoms with E-state index in [9.17, 15) is 4.79 Å². The van der Waals surface area contributed by atoms with Crippen LogP contribution >= 0.6 is 0 Å². The predicted molar refractivity (Wildman–Crippen MR) is 51.2 cm³/mol. The van der Waals surface area contributed by atoms with E-state index in [4.69, 9.17) is 0 Å². The van der Waals surface area contributed by atoms with Gasteiger partial charge in [0.1, 0.15) is 6.29 Å². The first kappa shape index (κ1) is 8.72. The highest BCUT2D eigenvalue weighted by atomic mass is 16.1. The molecule has 0 saturated heterocycles. The molecular formula is C11H12O. The Kier molecular flexibility index (Phi) is 2.81. The van der Waals surface area contributed by atoms with Gasteiger partial charge in [-0.15, -0.1) is 0 Å². The Hall–Kier alpha value is -1.37. The number of carbonyl (C=O) groups is 1. The lowest BCUT2D eigenvalue weighted by Gasteiger charge is -1.95. The average Bonchev–Trinajstić information content (AvgIpc) is 2.03. The molecule has 0 atom stereocenters. The smallest absolute Gasteiger partial charge is 0.150 e. The van der Waals surface area contributed by atoms with E-state index in [0.717, 1.165) is 17.4 Å². The second-order valence-electron chi connectivity index (χ2n) is 3.01. The van der Waals surface area contributed by atoms with Crippen LogP contribution in [-0.2, 0) is 0 Å². The van der Waals surface area contributed by atoms with Gasteiger partial charge in [0.2, 0.25) is 0 Å². The molecule has 1 heteroatoms. The molecule has 62 valence electrons. The SMILES string of the molecule is CC(C)=Cc1cccc(C=O)c1. The van der Waals surface area contributed by atoms with Crippen LogP contribution in [0.25, 0.3) is 6.08 Å². The van der Waals surface area contributed by atoms with Crippen molar-refractivity contribution in [2.24, 2.45) is 0 Å².